The summed E-state index contributed by atoms with van der Waals surface area (Å²) in [6.07, 6.45) is 5.83. The number of nitrogens with one attached hydrogen (secondary N) is 1. The van der Waals surface area contributed by atoms with Crippen LogP contribution in [-0.2, 0) is 4.79 Å². The highest BCUT2D eigenvalue weighted by Crippen LogP contribution is 2.31. The largest absolute Gasteiger partial charge is 0.462 e. The molecule has 1 aliphatic rings. The van der Waals surface area contributed by atoms with Crippen molar-refractivity contribution in [2.24, 2.45) is 0 Å². The van der Waals surface area contributed by atoms with E-state index in [0.717, 1.165) is 25.0 Å². The fraction of sp³-hybridized carbons (Fsp3) is 0.462. The van der Waals surface area contributed by atoms with Crippen molar-refractivity contribution in [2.75, 3.05) is 6.61 Å². The van der Waals surface area contributed by atoms with Gasteiger partial charge < -0.3 is 14.8 Å². The lowest BCUT2D eigenvalue weighted by atomic mass is 9.77. The zero-order chi connectivity index (χ0) is 12.3. The van der Waals surface area contributed by atoms with Crippen molar-refractivity contribution in [2.45, 2.75) is 31.7 Å². The van der Waals surface area contributed by atoms with E-state index in [1.807, 2.05) is 19.1 Å². The average molecular weight is 235 g/mol. The van der Waals surface area contributed by atoms with Gasteiger partial charge in [0.1, 0.15) is 11.5 Å². The summed E-state index contributed by atoms with van der Waals surface area (Å²) in [5.74, 6) is 1.29. The molecule has 0 radical (unpaired) electrons. The third-order valence-electron chi connectivity index (χ3n) is 3.16. The first kappa shape index (κ1) is 11.9. The Balaban J connectivity index is 1.91. The highest BCUT2D eigenvalue weighted by Gasteiger charge is 2.37. The van der Waals surface area contributed by atoms with Gasteiger partial charge in [0.2, 0.25) is 5.91 Å². The number of rotatable bonds is 4. The monoisotopic (exact) mass is 235 g/mol. The maximum absolute atomic E-state index is 11.6. The van der Waals surface area contributed by atoms with Crippen LogP contribution in [0.2, 0.25) is 0 Å². The molecule has 0 unspecified atom stereocenters. The number of carbonyl (C=O) groups excluding carboxylic acids is 1. The van der Waals surface area contributed by atoms with Crippen LogP contribution < -0.4 is 5.32 Å². The van der Waals surface area contributed by atoms with Crippen LogP contribution in [0.25, 0.3) is 6.08 Å². The Kier molecular flexibility index (Phi) is 3.33. The third-order valence-corrected chi connectivity index (χ3v) is 3.16. The van der Waals surface area contributed by atoms with Crippen LogP contribution in [0.5, 0.6) is 0 Å². The molecule has 0 atom stereocenters. The minimum Gasteiger partial charge on any atom is -0.462 e. The standard InChI is InChI=1S/C13H17NO3/c1-10-3-4-11(17-10)5-6-12(16)14-13(9-15)7-2-8-13/h3-6,15H,2,7-9H2,1H3,(H,14,16)/b6-5+. The first-order valence-electron chi connectivity index (χ1n) is 5.81. The molecule has 1 saturated carbocycles. The molecule has 1 aromatic heterocycles. The fourth-order valence-electron chi connectivity index (χ4n) is 1.93. The molecule has 0 bridgehead atoms. The predicted molar refractivity (Wildman–Crippen MR) is 64.3 cm³/mol. The summed E-state index contributed by atoms with van der Waals surface area (Å²) in [5.41, 5.74) is -0.388. The van der Waals surface area contributed by atoms with E-state index in [4.69, 9.17) is 4.42 Å². The van der Waals surface area contributed by atoms with E-state index in [1.54, 1.807) is 6.08 Å². The summed E-state index contributed by atoms with van der Waals surface area (Å²) < 4.78 is 5.31. The molecule has 92 valence electrons. The number of furan rings is 1. The summed E-state index contributed by atoms with van der Waals surface area (Å²) in [6.45, 7) is 1.86. The van der Waals surface area contributed by atoms with Gasteiger partial charge in [0, 0.05) is 6.08 Å². The number of carbonyl (C=O) groups is 1. The first-order chi connectivity index (χ1) is 8.13. The molecule has 2 rings (SSSR count). The average Bonchev–Trinajstić information content (AvgIpc) is 2.67. The zero-order valence-corrected chi connectivity index (χ0v) is 9.90. The van der Waals surface area contributed by atoms with Crippen molar-refractivity contribution < 1.29 is 14.3 Å². The minimum atomic E-state index is -0.388. The molecule has 0 saturated heterocycles. The second-order valence-corrected chi connectivity index (χ2v) is 4.56. The van der Waals surface area contributed by atoms with Gasteiger partial charge in [-0.2, -0.15) is 0 Å². The lowest BCUT2D eigenvalue weighted by molar-refractivity contribution is -0.120. The van der Waals surface area contributed by atoms with Gasteiger partial charge in [0.25, 0.3) is 0 Å². The number of hydrogen-bond acceptors (Lipinski definition) is 3. The molecule has 4 heteroatoms. The highest BCUT2D eigenvalue weighted by atomic mass is 16.3. The summed E-state index contributed by atoms with van der Waals surface area (Å²) in [4.78, 5) is 11.6. The van der Waals surface area contributed by atoms with Crippen LogP contribution in [-0.4, -0.2) is 23.2 Å². The highest BCUT2D eigenvalue weighted by molar-refractivity contribution is 5.92. The lowest BCUT2D eigenvalue weighted by Crippen LogP contribution is -2.55. The Hall–Kier alpha value is -1.55. The molecule has 0 aromatic carbocycles. The quantitative estimate of drug-likeness (QED) is 0.780. The van der Waals surface area contributed by atoms with Gasteiger partial charge in [-0.1, -0.05) is 0 Å². The van der Waals surface area contributed by atoms with Crippen LogP contribution in [0, 0.1) is 6.92 Å². The second kappa shape index (κ2) is 4.75. The molecule has 17 heavy (non-hydrogen) atoms. The van der Waals surface area contributed by atoms with Crippen LogP contribution in [0.3, 0.4) is 0 Å². The van der Waals surface area contributed by atoms with E-state index in [-0.39, 0.29) is 18.1 Å². The Morgan fingerprint density at radius 2 is 2.35 bits per heavy atom. The smallest absolute Gasteiger partial charge is 0.244 e. The summed E-state index contributed by atoms with van der Waals surface area (Å²) in [6, 6.07) is 3.66. The predicted octanol–water partition coefficient (Wildman–Crippen LogP) is 1.63. The fourth-order valence-corrected chi connectivity index (χ4v) is 1.93. The van der Waals surface area contributed by atoms with Crippen molar-refractivity contribution in [3.05, 3.63) is 29.7 Å². The van der Waals surface area contributed by atoms with Gasteiger partial charge in [-0.3, -0.25) is 4.79 Å². The van der Waals surface area contributed by atoms with E-state index in [0.29, 0.717) is 5.76 Å². The summed E-state index contributed by atoms with van der Waals surface area (Å²) in [5, 5.41) is 12.1. The number of aryl methyl sites for hydroxylation is 1. The number of hydrogen-bond donors (Lipinski definition) is 2. The van der Waals surface area contributed by atoms with Crippen molar-refractivity contribution >= 4 is 12.0 Å². The molecule has 1 amide bonds. The van der Waals surface area contributed by atoms with Gasteiger partial charge >= 0.3 is 0 Å². The topological polar surface area (TPSA) is 62.5 Å². The van der Waals surface area contributed by atoms with Crippen molar-refractivity contribution in [1.29, 1.82) is 0 Å². The maximum atomic E-state index is 11.6. The second-order valence-electron chi connectivity index (χ2n) is 4.56. The van der Waals surface area contributed by atoms with E-state index in [9.17, 15) is 9.90 Å². The van der Waals surface area contributed by atoms with Crippen LogP contribution in [0.1, 0.15) is 30.8 Å². The van der Waals surface area contributed by atoms with E-state index < -0.39 is 0 Å². The SMILES string of the molecule is Cc1ccc(/C=C/C(=O)NC2(CO)CCC2)o1. The Labute approximate surface area is 100 Å². The number of aliphatic hydroxyl groups is 1. The van der Waals surface area contributed by atoms with Crippen molar-refractivity contribution in [3.63, 3.8) is 0 Å². The molecule has 4 nitrogen and oxygen atoms in total. The van der Waals surface area contributed by atoms with Crippen molar-refractivity contribution in [3.8, 4) is 0 Å². The van der Waals surface area contributed by atoms with Gasteiger partial charge in [-0.15, -0.1) is 0 Å². The lowest BCUT2D eigenvalue weighted by Gasteiger charge is -2.40. The third kappa shape index (κ3) is 2.77. The van der Waals surface area contributed by atoms with Crippen LogP contribution >= 0.6 is 0 Å². The van der Waals surface area contributed by atoms with Crippen LogP contribution in [0.4, 0.5) is 0 Å². The van der Waals surface area contributed by atoms with Gasteiger partial charge in [0.05, 0.1) is 12.1 Å². The van der Waals surface area contributed by atoms with E-state index in [2.05, 4.69) is 5.32 Å². The molecule has 0 aliphatic heterocycles. The Morgan fingerprint density at radius 1 is 1.59 bits per heavy atom. The molecule has 1 heterocycles. The Bertz CT molecular complexity index is 424. The maximum Gasteiger partial charge on any atom is 0.244 e. The van der Waals surface area contributed by atoms with Gasteiger partial charge in [-0.05, 0) is 44.4 Å². The normalized spacial score (nSPS) is 18.0. The van der Waals surface area contributed by atoms with Crippen LogP contribution in [0.15, 0.2) is 22.6 Å². The minimum absolute atomic E-state index is 0.00639. The first-order valence-corrected chi connectivity index (χ1v) is 5.81. The van der Waals surface area contributed by atoms with Crippen molar-refractivity contribution in [1.82, 2.24) is 5.32 Å². The molecule has 1 aromatic rings. The molecular formula is C13H17NO3. The van der Waals surface area contributed by atoms with E-state index in [1.165, 1.54) is 6.08 Å². The zero-order valence-electron chi connectivity index (χ0n) is 9.90. The number of amides is 1. The molecule has 2 N–H and O–H groups in total. The molecule has 1 aliphatic carbocycles. The molecule has 1 fully saturated rings. The Morgan fingerprint density at radius 3 is 2.82 bits per heavy atom. The molecule has 0 spiro atoms. The van der Waals surface area contributed by atoms with E-state index >= 15 is 0 Å². The number of aliphatic hydroxyl groups excluding tert-OH is 1. The van der Waals surface area contributed by atoms with Gasteiger partial charge in [-0.25, -0.2) is 0 Å². The summed E-state index contributed by atoms with van der Waals surface area (Å²) >= 11 is 0. The van der Waals surface area contributed by atoms with Gasteiger partial charge in [0.15, 0.2) is 0 Å². The summed E-state index contributed by atoms with van der Waals surface area (Å²) in [7, 11) is 0. The molecular weight excluding hydrogens is 218 g/mol.